The number of hydrogen-bond donors (Lipinski definition) is 0. The normalized spacial score (nSPS) is 14.8. The van der Waals surface area contributed by atoms with Crippen LogP contribution in [0.3, 0.4) is 0 Å². The van der Waals surface area contributed by atoms with E-state index in [4.69, 9.17) is 14.7 Å². The lowest BCUT2D eigenvalue weighted by molar-refractivity contribution is 0.436. The van der Waals surface area contributed by atoms with E-state index in [0.717, 1.165) is 67.4 Å². The fraction of sp³-hybridized carbons (Fsp3) is 0.0577. The zero-order valence-corrected chi connectivity index (χ0v) is 31.0. The van der Waals surface area contributed by atoms with Gasteiger partial charge in [-0.25, -0.2) is 9.97 Å². The van der Waals surface area contributed by atoms with Crippen LogP contribution in [0.25, 0.3) is 66.8 Å². The molecule has 1 aliphatic carbocycles. The molecule has 0 radical (unpaired) electrons. The summed E-state index contributed by atoms with van der Waals surface area (Å²) in [5.41, 5.74) is 16.1. The number of pyridine rings is 1. The van der Waals surface area contributed by atoms with Crippen molar-refractivity contribution >= 4 is 10.8 Å². The van der Waals surface area contributed by atoms with E-state index in [0.29, 0.717) is 5.82 Å². The molecule has 0 amide bonds. The summed E-state index contributed by atoms with van der Waals surface area (Å²) in [6.07, 6.45) is 3.85. The van der Waals surface area contributed by atoms with Crippen molar-refractivity contribution in [3.05, 3.63) is 210 Å². The second kappa shape index (κ2) is 12.4. The van der Waals surface area contributed by atoms with Gasteiger partial charge in [0.1, 0.15) is 11.5 Å². The van der Waals surface area contributed by atoms with Crippen LogP contribution < -0.4 is 4.74 Å². The first-order valence-corrected chi connectivity index (χ1v) is 19.1. The van der Waals surface area contributed by atoms with Gasteiger partial charge in [0, 0.05) is 45.9 Å². The molecule has 0 saturated carbocycles. The highest BCUT2D eigenvalue weighted by Gasteiger charge is 2.51. The number of hydrogen-bond acceptors (Lipinski definition) is 4. The van der Waals surface area contributed by atoms with E-state index in [-0.39, 0.29) is 0 Å². The van der Waals surface area contributed by atoms with Crippen molar-refractivity contribution < 1.29 is 4.74 Å². The van der Waals surface area contributed by atoms with Crippen LogP contribution in [0.5, 0.6) is 11.5 Å². The summed E-state index contributed by atoms with van der Waals surface area (Å²) in [6.45, 7) is 4.14. The molecule has 0 bridgehead atoms. The summed E-state index contributed by atoms with van der Waals surface area (Å²) < 4.78 is 6.79. The Morgan fingerprint density at radius 3 is 2.11 bits per heavy atom. The molecule has 1 spiro atoms. The minimum Gasteiger partial charge on any atom is -0.457 e. The number of fused-ring (bicyclic) bond motifs is 10. The monoisotopic (exact) mass is 717 g/mol. The Balaban J connectivity index is 1.15. The van der Waals surface area contributed by atoms with E-state index in [1.807, 2.05) is 12.4 Å². The second-order valence-electron chi connectivity index (χ2n) is 14.9. The molecular weight excluding hydrogens is 683 g/mol. The van der Waals surface area contributed by atoms with Crippen LogP contribution in [0.1, 0.15) is 33.5 Å². The van der Waals surface area contributed by atoms with Gasteiger partial charge in [-0.15, -0.1) is 0 Å². The standard InChI is InChI=1S/C52H35N3O/c1-32-26-38(31-53-30-32)35-14-9-15-36(28-35)40-18-11-22-45-50(40)42-17-5-6-20-43(42)52(45)44-21-7-8-23-48(44)56-49-25-24-37(29-46(49)52)51-54-33(2)27-47(55-51)41-19-10-13-34-12-3-4-16-39(34)41/h3-31H,1-2H3. The highest BCUT2D eigenvalue weighted by Crippen LogP contribution is 2.63. The first-order valence-electron chi connectivity index (χ1n) is 19.1. The van der Waals surface area contributed by atoms with Crippen LogP contribution in [0.15, 0.2) is 176 Å². The maximum atomic E-state index is 6.79. The predicted molar refractivity (Wildman–Crippen MR) is 226 cm³/mol. The molecule has 4 heteroatoms. The zero-order valence-electron chi connectivity index (χ0n) is 31.0. The minimum absolute atomic E-state index is 0.650. The minimum atomic E-state index is -0.650. The summed E-state index contributed by atoms with van der Waals surface area (Å²) in [7, 11) is 0. The number of benzene rings is 7. The molecule has 0 saturated heterocycles. The largest absolute Gasteiger partial charge is 0.457 e. The van der Waals surface area contributed by atoms with Gasteiger partial charge in [-0.05, 0) is 112 Å². The lowest BCUT2D eigenvalue weighted by atomic mass is 9.65. The molecule has 4 nitrogen and oxygen atoms in total. The number of para-hydroxylation sites is 1. The van der Waals surface area contributed by atoms with Crippen molar-refractivity contribution in [2.75, 3.05) is 0 Å². The smallest absolute Gasteiger partial charge is 0.160 e. The van der Waals surface area contributed by atoms with Crippen molar-refractivity contribution in [1.82, 2.24) is 15.0 Å². The van der Waals surface area contributed by atoms with Gasteiger partial charge in [-0.2, -0.15) is 0 Å². The van der Waals surface area contributed by atoms with Crippen LogP contribution in [-0.4, -0.2) is 15.0 Å². The summed E-state index contributed by atoms with van der Waals surface area (Å²) in [4.78, 5) is 14.8. The number of rotatable bonds is 4. The maximum Gasteiger partial charge on any atom is 0.160 e. The molecule has 1 unspecified atom stereocenters. The van der Waals surface area contributed by atoms with Crippen LogP contribution >= 0.6 is 0 Å². The Morgan fingerprint density at radius 1 is 0.464 bits per heavy atom. The predicted octanol–water partition coefficient (Wildman–Crippen LogP) is 12.8. The average molecular weight is 718 g/mol. The van der Waals surface area contributed by atoms with Gasteiger partial charge < -0.3 is 4.74 Å². The number of ether oxygens (including phenoxy) is 1. The van der Waals surface area contributed by atoms with E-state index in [9.17, 15) is 0 Å². The van der Waals surface area contributed by atoms with Gasteiger partial charge in [-0.3, -0.25) is 4.98 Å². The Labute approximate surface area is 325 Å². The van der Waals surface area contributed by atoms with Crippen LogP contribution in [0, 0.1) is 13.8 Å². The van der Waals surface area contributed by atoms with Crippen molar-refractivity contribution in [3.63, 3.8) is 0 Å². The van der Waals surface area contributed by atoms with E-state index < -0.39 is 5.41 Å². The zero-order chi connectivity index (χ0) is 37.4. The molecule has 3 heterocycles. The summed E-state index contributed by atoms with van der Waals surface area (Å²) in [5.74, 6) is 2.38. The molecule has 56 heavy (non-hydrogen) atoms. The van der Waals surface area contributed by atoms with Crippen molar-refractivity contribution in [2.24, 2.45) is 0 Å². The van der Waals surface area contributed by atoms with Crippen molar-refractivity contribution in [3.8, 4) is 67.5 Å². The highest BCUT2D eigenvalue weighted by molar-refractivity contribution is 5.98. The molecule has 9 aromatic rings. The van der Waals surface area contributed by atoms with Gasteiger partial charge >= 0.3 is 0 Å². The number of nitrogens with zero attached hydrogens (tertiary/aromatic N) is 3. The summed E-state index contributed by atoms with van der Waals surface area (Å²) >= 11 is 0. The van der Waals surface area contributed by atoms with E-state index >= 15 is 0 Å². The van der Waals surface area contributed by atoms with Crippen LogP contribution in [0.2, 0.25) is 0 Å². The molecule has 1 atom stereocenters. The van der Waals surface area contributed by atoms with E-state index in [1.165, 1.54) is 38.6 Å². The summed E-state index contributed by atoms with van der Waals surface area (Å²) in [6, 6.07) is 58.7. The van der Waals surface area contributed by atoms with Crippen molar-refractivity contribution in [1.29, 1.82) is 0 Å². The molecule has 1 aliphatic heterocycles. The number of aromatic nitrogens is 3. The molecule has 2 aromatic heterocycles. The average Bonchev–Trinajstić information content (AvgIpc) is 3.54. The Kier molecular flexibility index (Phi) is 7.17. The van der Waals surface area contributed by atoms with E-state index in [1.54, 1.807) is 0 Å². The molecule has 264 valence electrons. The SMILES string of the molecule is Cc1cncc(-c2cccc(-c3cccc4c3-c3ccccc3C43c4ccccc4Oc4ccc(-c5nc(C)cc(-c6cccc7ccccc67)n5)cc43)c2)c1. The van der Waals surface area contributed by atoms with Gasteiger partial charge in [0.25, 0.3) is 0 Å². The Hall–Kier alpha value is -7.17. The first kappa shape index (κ1) is 32.3. The topological polar surface area (TPSA) is 47.9 Å². The third-order valence-corrected chi connectivity index (χ3v) is 11.5. The second-order valence-corrected chi connectivity index (χ2v) is 14.9. The molecular formula is C52H35N3O. The quantitative estimate of drug-likeness (QED) is 0.182. The molecule has 11 rings (SSSR count). The lowest BCUT2D eigenvalue weighted by Crippen LogP contribution is -2.32. The van der Waals surface area contributed by atoms with Crippen LogP contribution in [-0.2, 0) is 5.41 Å². The third kappa shape index (κ3) is 4.82. The fourth-order valence-corrected chi connectivity index (χ4v) is 9.19. The van der Waals surface area contributed by atoms with Gasteiger partial charge in [0.2, 0.25) is 0 Å². The van der Waals surface area contributed by atoms with Gasteiger partial charge in [0.05, 0.1) is 11.1 Å². The maximum absolute atomic E-state index is 6.79. The van der Waals surface area contributed by atoms with Gasteiger partial charge in [0.15, 0.2) is 5.82 Å². The fourth-order valence-electron chi connectivity index (χ4n) is 9.19. The van der Waals surface area contributed by atoms with E-state index in [2.05, 4.69) is 183 Å². The highest BCUT2D eigenvalue weighted by atomic mass is 16.5. The number of aryl methyl sites for hydroxylation is 2. The molecule has 0 N–H and O–H groups in total. The lowest BCUT2D eigenvalue weighted by Gasteiger charge is -2.39. The van der Waals surface area contributed by atoms with Gasteiger partial charge in [-0.1, -0.05) is 121 Å². The molecule has 2 aliphatic rings. The molecule has 7 aromatic carbocycles. The van der Waals surface area contributed by atoms with Crippen molar-refractivity contribution in [2.45, 2.75) is 19.3 Å². The third-order valence-electron chi connectivity index (χ3n) is 11.5. The Morgan fingerprint density at radius 2 is 1.18 bits per heavy atom. The summed E-state index contributed by atoms with van der Waals surface area (Å²) in [5, 5.41) is 2.36. The Bertz CT molecular complexity index is 3050. The van der Waals surface area contributed by atoms with Crippen LogP contribution in [0.4, 0.5) is 0 Å². The molecule has 0 fully saturated rings. The first-order chi connectivity index (χ1) is 27.6.